The number of ether oxygens (including phenoxy) is 1. The molecule has 6 nitrogen and oxygen atoms in total. The molecule has 1 saturated heterocycles. The molecule has 1 fully saturated rings. The molecule has 1 aromatic heterocycles. The number of fused-ring (bicyclic) bond motifs is 4. The number of benzene rings is 2. The second-order valence-corrected chi connectivity index (χ2v) is 7.65. The number of nitrogens with one attached hydrogen (secondary N) is 1. The van der Waals surface area contributed by atoms with Gasteiger partial charge in [-0.1, -0.05) is 48.5 Å². The molecule has 0 spiro atoms. The number of aromatic amines is 1. The van der Waals surface area contributed by atoms with Crippen LogP contribution in [-0.4, -0.2) is 59.4 Å². The van der Waals surface area contributed by atoms with Crippen molar-refractivity contribution in [2.45, 2.75) is 18.5 Å². The van der Waals surface area contributed by atoms with Gasteiger partial charge in [-0.05, 0) is 17.2 Å². The molecule has 29 heavy (non-hydrogen) atoms. The van der Waals surface area contributed by atoms with Gasteiger partial charge in [0.15, 0.2) is 0 Å². The van der Waals surface area contributed by atoms with E-state index in [0.29, 0.717) is 19.6 Å². The fourth-order valence-electron chi connectivity index (χ4n) is 4.70. The van der Waals surface area contributed by atoms with E-state index in [1.165, 1.54) is 0 Å². The lowest BCUT2D eigenvalue weighted by Gasteiger charge is -2.47. The fraction of sp³-hybridized carbons (Fsp3) is 0.304. The molecule has 3 aromatic rings. The highest BCUT2D eigenvalue weighted by atomic mass is 16.5. The first-order chi connectivity index (χ1) is 14.2. The van der Waals surface area contributed by atoms with Crippen molar-refractivity contribution in [3.05, 3.63) is 71.4 Å². The third-order valence-corrected chi connectivity index (χ3v) is 6.02. The maximum atomic E-state index is 13.3. The van der Waals surface area contributed by atoms with Gasteiger partial charge in [0, 0.05) is 36.7 Å². The van der Waals surface area contributed by atoms with E-state index >= 15 is 0 Å². The number of aromatic nitrogens is 1. The Bertz CT molecular complexity index is 1080. The summed E-state index contributed by atoms with van der Waals surface area (Å²) in [6, 6.07) is 17.3. The van der Waals surface area contributed by atoms with E-state index in [0.717, 1.165) is 27.7 Å². The van der Waals surface area contributed by atoms with Gasteiger partial charge in [0.25, 0.3) is 0 Å². The van der Waals surface area contributed by atoms with Crippen molar-refractivity contribution in [1.82, 2.24) is 14.8 Å². The topological polar surface area (TPSA) is 65.6 Å². The molecule has 2 aliphatic rings. The number of H-pyrrole nitrogens is 1. The van der Waals surface area contributed by atoms with Crippen LogP contribution in [0.5, 0.6) is 0 Å². The first-order valence-corrected chi connectivity index (χ1v) is 9.92. The number of methoxy groups -OCH3 is 1. The first kappa shape index (κ1) is 17.9. The number of amides is 2. The van der Waals surface area contributed by atoms with Crippen LogP contribution in [-0.2, 0) is 20.7 Å². The predicted octanol–water partition coefficient (Wildman–Crippen LogP) is 2.50. The maximum absolute atomic E-state index is 13.3. The van der Waals surface area contributed by atoms with Crippen molar-refractivity contribution in [3.8, 4) is 0 Å². The van der Waals surface area contributed by atoms with Crippen LogP contribution in [0.25, 0.3) is 10.9 Å². The summed E-state index contributed by atoms with van der Waals surface area (Å²) in [5.41, 5.74) is 4.19. The number of hydrogen-bond acceptors (Lipinski definition) is 3. The second-order valence-electron chi connectivity index (χ2n) is 7.65. The Morgan fingerprint density at radius 1 is 1.07 bits per heavy atom. The SMILES string of the molecule is COCCN1CC(=O)N2C(c3ccccc3)c3[nH]c4ccccc4c3C[C@@H]2C1=O. The minimum Gasteiger partial charge on any atom is -0.383 e. The smallest absolute Gasteiger partial charge is 0.246 e. The van der Waals surface area contributed by atoms with Crippen molar-refractivity contribution < 1.29 is 14.3 Å². The van der Waals surface area contributed by atoms with Gasteiger partial charge in [0.1, 0.15) is 6.04 Å². The highest BCUT2D eigenvalue weighted by Gasteiger charge is 2.47. The zero-order chi connectivity index (χ0) is 20.0. The maximum Gasteiger partial charge on any atom is 0.246 e. The Balaban J connectivity index is 1.66. The summed E-state index contributed by atoms with van der Waals surface area (Å²) >= 11 is 0. The molecule has 0 radical (unpaired) electrons. The Morgan fingerprint density at radius 2 is 1.83 bits per heavy atom. The molecule has 6 heteroatoms. The summed E-state index contributed by atoms with van der Waals surface area (Å²) in [6.45, 7) is 0.950. The Hall–Kier alpha value is -3.12. The molecule has 2 aromatic carbocycles. The van der Waals surface area contributed by atoms with Crippen LogP contribution in [0.1, 0.15) is 22.9 Å². The summed E-state index contributed by atoms with van der Waals surface area (Å²) in [7, 11) is 1.60. The summed E-state index contributed by atoms with van der Waals surface area (Å²) in [5, 5.41) is 1.12. The summed E-state index contributed by atoms with van der Waals surface area (Å²) < 4.78 is 5.13. The van der Waals surface area contributed by atoms with E-state index in [9.17, 15) is 9.59 Å². The monoisotopic (exact) mass is 389 g/mol. The number of nitrogens with zero attached hydrogens (tertiary/aromatic N) is 2. The van der Waals surface area contributed by atoms with Gasteiger partial charge >= 0.3 is 0 Å². The number of carbonyl (C=O) groups is 2. The number of carbonyl (C=O) groups excluding carboxylic acids is 2. The fourth-order valence-corrected chi connectivity index (χ4v) is 4.70. The van der Waals surface area contributed by atoms with Crippen molar-refractivity contribution in [3.63, 3.8) is 0 Å². The lowest BCUT2D eigenvalue weighted by atomic mass is 9.86. The van der Waals surface area contributed by atoms with Crippen LogP contribution >= 0.6 is 0 Å². The van der Waals surface area contributed by atoms with E-state index in [-0.39, 0.29) is 24.4 Å². The lowest BCUT2D eigenvalue weighted by Crippen LogP contribution is -2.63. The number of rotatable bonds is 4. The molecule has 0 saturated carbocycles. The molecular weight excluding hydrogens is 366 g/mol. The van der Waals surface area contributed by atoms with Crippen LogP contribution < -0.4 is 0 Å². The summed E-state index contributed by atoms with van der Waals surface area (Å²) in [4.78, 5) is 33.5. The zero-order valence-corrected chi connectivity index (χ0v) is 16.3. The normalized spacial score (nSPS) is 21.4. The van der Waals surface area contributed by atoms with Crippen molar-refractivity contribution >= 4 is 22.7 Å². The van der Waals surface area contributed by atoms with Crippen molar-refractivity contribution in [1.29, 1.82) is 0 Å². The molecule has 1 N–H and O–H groups in total. The predicted molar refractivity (Wildman–Crippen MR) is 109 cm³/mol. The van der Waals surface area contributed by atoms with Gasteiger partial charge in [0.05, 0.1) is 19.2 Å². The lowest BCUT2D eigenvalue weighted by molar-refractivity contribution is -0.159. The Morgan fingerprint density at radius 3 is 2.62 bits per heavy atom. The van der Waals surface area contributed by atoms with Gasteiger partial charge in [-0.15, -0.1) is 0 Å². The van der Waals surface area contributed by atoms with E-state index in [2.05, 4.69) is 11.1 Å². The summed E-state index contributed by atoms with van der Waals surface area (Å²) in [6.07, 6.45) is 0.525. The molecule has 2 aliphatic heterocycles. The van der Waals surface area contributed by atoms with Gasteiger partial charge in [-0.25, -0.2) is 0 Å². The molecule has 3 heterocycles. The molecule has 1 unspecified atom stereocenters. The highest BCUT2D eigenvalue weighted by Crippen LogP contribution is 2.42. The number of para-hydroxylation sites is 1. The average molecular weight is 389 g/mol. The quantitative estimate of drug-likeness (QED) is 0.746. The highest BCUT2D eigenvalue weighted by molar-refractivity contribution is 5.97. The average Bonchev–Trinajstić information content (AvgIpc) is 3.13. The number of hydrogen-bond donors (Lipinski definition) is 1. The molecule has 0 bridgehead atoms. The van der Waals surface area contributed by atoms with Crippen LogP contribution in [0.4, 0.5) is 0 Å². The third kappa shape index (κ3) is 2.83. The number of piperazine rings is 1. The van der Waals surface area contributed by atoms with Gasteiger partial charge in [-0.3, -0.25) is 9.59 Å². The van der Waals surface area contributed by atoms with E-state index in [1.54, 1.807) is 16.9 Å². The Kier molecular flexibility index (Phi) is 4.36. The van der Waals surface area contributed by atoms with Gasteiger partial charge in [0.2, 0.25) is 11.8 Å². The van der Waals surface area contributed by atoms with Crippen LogP contribution in [0.2, 0.25) is 0 Å². The zero-order valence-electron chi connectivity index (χ0n) is 16.3. The van der Waals surface area contributed by atoms with E-state index < -0.39 is 6.04 Å². The largest absolute Gasteiger partial charge is 0.383 e. The molecule has 2 atom stereocenters. The minimum absolute atomic E-state index is 0.00138. The van der Waals surface area contributed by atoms with Crippen molar-refractivity contribution in [2.24, 2.45) is 0 Å². The molecule has 2 amide bonds. The van der Waals surface area contributed by atoms with Crippen LogP contribution in [0, 0.1) is 0 Å². The van der Waals surface area contributed by atoms with Gasteiger partial charge < -0.3 is 19.5 Å². The van der Waals surface area contributed by atoms with Crippen molar-refractivity contribution in [2.75, 3.05) is 26.8 Å². The first-order valence-electron chi connectivity index (χ1n) is 9.92. The Labute approximate surface area is 169 Å². The van der Waals surface area contributed by atoms with Crippen LogP contribution in [0.3, 0.4) is 0 Å². The molecular formula is C23H23N3O3. The summed E-state index contributed by atoms with van der Waals surface area (Å²) in [5.74, 6) is -0.0256. The van der Waals surface area contributed by atoms with E-state index in [4.69, 9.17) is 4.74 Å². The van der Waals surface area contributed by atoms with Gasteiger partial charge in [-0.2, -0.15) is 0 Å². The minimum atomic E-state index is -0.495. The van der Waals surface area contributed by atoms with E-state index in [1.807, 2.05) is 48.5 Å². The standard InChI is InChI=1S/C23H23N3O3/c1-29-12-11-25-14-20(27)26-19(23(25)28)13-17-16-9-5-6-10-18(16)24-21(17)22(26)15-7-3-2-4-8-15/h2-10,19,22,24H,11-14H2,1H3/t19-,22?/m1/s1. The molecule has 148 valence electrons. The third-order valence-electron chi connectivity index (χ3n) is 6.02. The molecule has 5 rings (SSSR count). The van der Waals surface area contributed by atoms with Crippen LogP contribution in [0.15, 0.2) is 54.6 Å². The second kappa shape index (κ2) is 7.04. The molecule has 0 aliphatic carbocycles.